The van der Waals surface area contributed by atoms with Gasteiger partial charge in [-0.05, 0) is 37.8 Å². The third-order valence-electron chi connectivity index (χ3n) is 2.56. The normalized spacial score (nSPS) is 16.2. The topological polar surface area (TPSA) is 52.0 Å². The van der Waals surface area contributed by atoms with Crippen LogP contribution in [0.2, 0.25) is 0 Å². The zero-order valence-corrected chi connectivity index (χ0v) is 10.8. The Balaban J connectivity index is 4.57. The Morgan fingerprint density at radius 3 is 2.33 bits per heavy atom. The van der Waals surface area contributed by atoms with Crippen LogP contribution in [0.1, 0.15) is 33.1 Å². The third-order valence-corrected chi connectivity index (χ3v) is 2.56. The summed E-state index contributed by atoms with van der Waals surface area (Å²) in [4.78, 5) is 0. The molecule has 0 amide bonds. The second-order valence-corrected chi connectivity index (χ2v) is 4.31. The van der Waals surface area contributed by atoms with Crippen LogP contribution in [-0.4, -0.2) is 12.2 Å². The molecule has 0 spiro atoms. The van der Waals surface area contributed by atoms with Crippen LogP contribution >= 0.6 is 0 Å². The Kier molecular flexibility index (Phi) is 6.76. The molecule has 0 aromatic heterocycles. The van der Waals surface area contributed by atoms with Crippen molar-refractivity contribution in [3.8, 4) is 0 Å². The van der Waals surface area contributed by atoms with Crippen molar-refractivity contribution in [2.75, 3.05) is 0 Å². The summed E-state index contributed by atoms with van der Waals surface area (Å²) in [5, 5.41) is 0. The van der Waals surface area contributed by atoms with Crippen LogP contribution in [0.5, 0.6) is 0 Å². The quantitative estimate of drug-likeness (QED) is 0.721. The maximum absolute atomic E-state index is 12.0. The second-order valence-electron chi connectivity index (χ2n) is 4.31. The minimum absolute atomic E-state index is 0.00210. The summed E-state index contributed by atoms with van der Waals surface area (Å²) in [5.41, 5.74) is 13.5. The van der Waals surface area contributed by atoms with E-state index < -0.39 is 12.6 Å². The first-order valence-electron chi connectivity index (χ1n) is 5.79. The number of hydrogen-bond acceptors (Lipinski definition) is 2. The lowest BCUT2D eigenvalue weighted by Crippen LogP contribution is -2.17. The van der Waals surface area contributed by atoms with E-state index in [-0.39, 0.29) is 18.9 Å². The highest BCUT2D eigenvalue weighted by Crippen LogP contribution is 2.23. The zero-order valence-electron chi connectivity index (χ0n) is 10.8. The van der Waals surface area contributed by atoms with Crippen LogP contribution in [0.25, 0.3) is 0 Å². The molecule has 0 saturated heterocycles. The van der Waals surface area contributed by atoms with Gasteiger partial charge in [-0.15, -0.1) is 0 Å². The van der Waals surface area contributed by atoms with Gasteiger partial charge in [-0.2, -0.15) is 13.2 Å². The van der Waals surface area contributed by atoms with Gasteiger partial charge in [0.15, 0.2) is 0 Å². The van der Waals surface area contributed by atoms with Gasteiger partial charge >= 0.3 is 6.18 Å². The van der Waals surface area contributed by atoms with Gasteiger partial charge < -0.3 is 11.5 Å². The lowest BCUT2D eigenvalue weighted by Gasteiger charge is -2.10. The maximum Gasteiger partial charge on any atom is 0.389 e. The molecule has 0 aromatic rings. The lowest BCUT2D eigenvalue weighted by molar-refractivity contribution is -0.135. The summed E-state index contributed by atoms with van der Waals surface area (Å²) in [5.74, 6) is 0. The Morgan fingerprint density at radius 1 is 1.39 bits per heavy atom. The molecule has 0 saturated carbocycles. The zero-order chi connectivity index (χ0) is 14.3. The fourth-order valence-corrected chi connectivity index (χ4v) is 1.40. The molecule has 0 radical (unpaired) electrons. The number of rotatable bonds is 6. The maximum atomic E-state index is 12.0. The molecule has 0 aliphatic carbocycles. The monoisotopic (exact) mass is 262 g/mol. The summed E-state index contributed by atoms with van der Waals surface area (Å²) >= 11 is 0. The molecule has 0 aliphatic heterocycles. The van der Waals surface area contributed by atoms with Crippen LogP contribution in [0.3, 0.4) is 0 Å². The van der Waals surface area contributed by atoms with E-state index in [2.05, 4.69) is 6.58 Å². The fraction of sp³-hybridized carbons (Fsp3) is 0.538. The third kappa shape index (κ3) is 7.17. The van der Waals surface area contributed by atoms with E-state index in [1.165, 1.54) is 0 Å². The molecule has 0 rings (SSSR count). The summed E-state index contributed by atoms with van der Waals surface area (Å²) in [6.07, 6.45) is -1.32. The van der Waals surface area contributed by atoms with E-state index in [0.29, 0.717) is 5.70 Å². The molecule has 0 bridgehead atoms. The predicted molar refractivity (Wildman–Crippen MR) is 68.7 cm³/mol. The van der Waals surface area contributed by atoms with Crippen LogP contribution < -0.4 is 11.5 Å². The molecule has 1 atom stereocenters. The predicted octanol–water partition coefficient (Wildman–Crippen LogP) is 3.41. The minimum Gasteiger partial charge on any atom is -0.402 e. The van der Waals surface area contributed by atoms with Crippen LogP contribution in [0, 0.1) is 0 Å². The lowest BCUT2D eigenvalue weighted by atomic mass is 10.0. The van der Waals surface area contributed by atoms with Gasteiger partial charge in [0.2, 0.25) is 0 Å². The first-order chi connectivity index (χ1) is 8.17. The van der Waals surface area contributed by atoms with Crippen molar-refractivity contribution in [3.05, 3.63) is 35.6 Å². The SMILES string of the molecule is C=C/C(=C\C(C)=C(/N)CCCC(F)(F)F)C(C)N. The molecule has 5 heteroatoms. The highest BCUT2D eigenvalue weighted by Gasteiger charge is 2.26. The van der Waals surface area contributed by atoms with E-state index in [9.17, 15) is 13.2 Å². The van der Waals surface area contributed by atoms with Gasteiger partial charge in [-0.1, -0.05) is 18.7 Å². The summed E-state index contributed by atoms with van der Waals surface area (Å²) in [6.45, 7) is 7.19. The molecule has 0 fully saturated rings. The Labute approximate surface area is 106 Å². The number of allylic oxidation sites excluding steroid dienone is 3. The van der Waals surface area contributed by atoms with Crippen molar-refractivity contribution >= 4 is 0 Å². The van der Waals surface area contributed by atoms with Crippen molar-refractivity contribution in [1.29, 1.82) is 0 Å². The van der Waals surface area contributed by atoms with E-state index in [1.54, 1.807) is 26.0 Å². The molecular formula is C13H21F3N2. The second kappa shape index (κ2) is 7.26. The highest BCUT2D eigenvalue weighted by atomic mass is 19.4. The first-order valence-corrected chi connectivity index (χ1v) is 5.79. The highest BCUT2D eigenvalue weighted by molar-refractivity contribution is 5.33. The van der Waals surface area contributed by atoms with Crippen LogP contribution in [0.4, 0.5) is 13.2 Å². The average Bonchev–Trinajstić information content (AvgIpc) is 2.22. The molecule has 18 heavy (non-hydrogen) atoms. The van der Waals surface area contributed by atoms with Crippen molar-refractivity contribution < 1.29 is 13.2 Å². The van der Waals surface area contributed by atoms with Crippen molar-refractivity contribution in [1.82, 2.24) is 0 Å². The van der Waals surface area contributed by atoms with Gasteiger partial charge in [-0.25, -0.2) is 0 Å². The molecule has 0 aromatic carbocycles. The largest absolute Gasteiger partial charge is 0.402 e. The van der Waals surface area contributed by atoms with E-state index in [1.807, 2.05) is 0 Å². The van der Waals surface area contributed by atoms with E-state index in [4.69, 9.17) is 11.5 Å². The summed E-state index contributed by atoms with van der Waals surface area (Å²) < 4.78 is 35.9. The minimum atomic E-state index is -4.12. The number of halogens is 3. The average molecular weight is 262 g/mol. The Morgan fingerprint density at radius 2 is 1.94 bits per heavy atom. The van der Waals surface area contributed by atoms with Crippen molar-refractivity contribution in [2.45, 2.75) is 45.3 Å². The Hall–Kier alpha value is -1.23. The van der Waals surface area contributed by atoms with E-state index in [0.717, 1.165) is 11.1 Å². The van der Waals surface area contributed by atoms with Gasteiger partial charge in [0.05, 0.1) is 0 Å². The fourth-order valence-electron chi connectivity index (χ4n) is 1.40. The summed E-state index contributed by atoms with van der Waals surface area (Å²) in [7, 11) is 0. The summed E-state index contributed by atoms with van der Waals surface area (Å²) in [6, 6.07) is -0.180. The molecule has 0 heterocycles. The number of hydrogen-bond donors (Lipinski definition) is 2. The van der Waals surface area contributed by atoms with Gasteiger partial charge in [0.1, 0.15) is 0 Å². The molecule has 0 aliphatic rings. The van der Waals surface area contributed by atoms with Gasteiger partial charge in [-0.3, -0.25) is 0 Å². The van der Waals surface area contributed by atoms with Gasteiger partial charge in [0.25, 0.3) is 0 Å². The van der Waals surface area contributed by atoms with E-state index >= 15 is 0 Å². The molecule has 104 valence electrons. The van der Waals surface area contributed by atoms with Crippen molar-refractivity contribution in [2.24, 2.45) is 11.5 Å². The number of alkyl halides is 3. The van der Waals surface area contributed by atoms with Crippen LogP contribution in [-0.2, 0) is 0 Å². The van der Waals surface area contributed by atoms with Crippen molar-refractivity contribution in [3.63, 3.8) is 0 Å². The first kappa shape index (κ1) is 16.8. The smallest absolute Gasteiger partial charge is 0.389 e. The molecule has 1 unspecified atom stereocenters. The molecule has 2 nitrogen and oxygen atoms in total. The standard InChI is InChI=1S/C13H21F3N2/c1-4-11(10(3)17)8-9(2)12(18)6-5-7-13(14,15)16/h4,8,10H,1,5-7,17-18H2,2-3H3/b11-8+,12-9-. The van der Waals surface area contributed by atoms with Crippen LogP contribution in [0.15, 0.2) is 35.6 Å². The number of nitrogens with two attached hydrogens (primary N) is 2. The molecular weight excluding hydrogens is 241 g/mol. The Bertz CT molecular complexity index is 339. The van der Waals surface area contributed by atoms with Gasteiger partial charge in [0, 0.05) is 18.2 Å². The molecule has 4 N–H and O–H groups in total.